The molecule has 21 heavy (non-hydrogen) atoms. The van der Waals surface area contributed by atoms with Crippen LogP contribution in [-0.2, 0) is 6.54 Å². The zero-order chi connectivity index (χ0) is 15.7. The Morgan fingerprint density at radius 1 is 1.14 bits per heavy atom. The van der Waals surface area contributed by atoms with Crippen molar-refractivity contribution in [2.24, 2.45) is 0 Å². The summed E-state index contributed by atoms with van der Waals surface area (Å²) in [5, 5.41) is 3.61. The van der Waals surface area contributed by atoms with E-state index in [0.717, 1.165) is 31.5 Å². The fourth-order valence-electron chi connectivity index (χ4n) is 3.25. The lowest BCUT2D eigenvalue weighted by Crippen LogP contribution is -2.67. The Balaban J connectivity index is 2.25. The first-order chi connectivity index (χ1) is 9.82. The summed E-state index contributed by atoms with van der Waals surface area (Å²) >= 11 is 0. The molecule has 0 aliphatic carbocycles. The fraction of sp³-hybridized carbons (Fsp3) is 0.647. The molecule has 1 saturated heterocycles. The first kappa shape index (κ1) is 16.4. The van der Waals surface area contributed by atoms with Gasteiger partial charge in [0.1, 0.15) is 0 Å². The van der Waals surface area contributed by atoms with Crippen LogP contribution in [-0.4, -0.2) is 29.1 Å². The second kappa shape index (κ2) is 6.01. The van der Waals surface area contributed by atoms with E-state index < -0.39 is 11.6 Å². The van der Waals surface area contributed by atoms with Crippen LogP contribution in [0.25, 0.3) is 0 Å². The van der Waals surface area contributed by atoms with E-state index >= 15 is 0 Å². The highest BCUT2D eigenvalue weighted by molar-refractivity contribution is 5.19. The standard InChI is InChI=1S/C17H26F2N2/c1-5-17(6-2)11-20-16(3,4)12-21(17)10-13-7-8-14(18)15(19)9-13/h7-9,20H,5-6,10-12H2,1-4H3. The van der Waals surface area contributed by atoms with Crippen molar-refractivity contribution in [1.29, 1.82) is 0 Å². The SMILES string of the molecule is CCC1(CC)CNC(C)(C)CN1Cc1ccc(F)c(F)c1. The first-order valence-corrected chi connectivity index (χ1v) is 7.76. The molecule has 1 N–H and O–H groups in total. The van der Waals surface area contributed by atoms with Crippen molar-refractivity contribution in [2.45, 2.75) is 58.2 Å². The highest BCUT2D eigenvalue weighted by atomic mass is 19.2. The summed E-state index contributed by atoms with van der Waals surface area (Å²) in [4.78, 5) is 2.43. The van der Waals surface area contributed by atoms with E-state index in [1.54, 1.807) is 6.07 Å². The van der Waals surface area contributed by atoms with E-state index in [1.165, 1.54) is 12.1 Å². The van der Waals surface area contributed by atoms with Gasteiger partial charge in [-0.2, -0.15) is 0 Å². The molecule has 1 aromatic carbocycles. The largest absolute Gasteiger partial charge is 0.309 e. The molecule has 1 aliphatic heterocycles. The van der Waals surface area contributed by atoms with Crippen molar-refractivity contribution in [3.8, 4) is 0 Å². The average Bonchev–Trinajstić information content (AvgIpc) is 2.43. The van der Waals surface area contributed by atoms with Crippen LogP contribution in [0.2, 0.25) is 0 Å². The van der Waals surface area contributed by atoms with Crippen LogP contribution < -0.4 is 5.32 Å². The van der Waals surface area contributed by atoms with E-state index in [-0.39, 0.29) is 11.1 Å². The summed E-state index contributed by atoms with van der Waals surface area (Å²) in [6.07, 6.45) is 2.08. The number of nitrogens with zero attached hydrogens (tertiary/aromatic N) is 1. The summed E-state index contributed by atoms with van der Waals surface area (Å²) in [5.74, 6) is -1.54. The molecule has 118 valence electrons. The van der Waals surface area contributed by atoms with Crippen molar-refractivity contribution >= 4 is 0 Å². The number of benzene rings is 1. The summed E-state index contributed by atoms with van der Waals surface area (Å²) in [7, 11) is 0. The molecule has 1 aliphatic rings. The topological polar surface area (TPSA) is 15.3 Å². The van der Waals surface area contributed by atoms with Gasteiger partial charge in [0.15, 0.2) is 11.6 Å². The molecule has 1 heterocycles. The Labute approximate surface area is 126 Å². The van der Waals surface area contributed by atoms with Crippen LogP contribution in [0.15, 0.2) is 18.2 Å². The first-order valence-electron chi connectivity index (χ1n) is 7.76. The molecule has 2 nitrogen and oxygen atoms in total. The molecule has 0 saturated carbocycles. The van der Waals surface area contributed by atoms with Crippen molar-refractivity contribution in [3.05, 3.63) is 35.4 Å². The number of hydrogen-bond acceptors (Lipinski definition) is 2. The second-order valence-electron chi connectivity index (χ2n) is 6.77. The smallest absolute Gasteiger partial charge is 0.159 e. The van der Waals surface area contributed by atoms with E-state index in [1.807, 2.05) is 0 Å². The zero-order valence-corrected chi connectivity index (χ0v) is 13.5. The maximum Gasteiger partial charge on any atom is 0.159 e. The third kappa shape index (κ3) is 3.43. The maximum absolute atomic E-state index is 13.4. The predicted octanol–water partition coefficient (Wildman–Crippen LogP) is 3.71. The predicted molar refractivity (Wildman–Crippen MR) is 82.2 cm³/mol. The fourth-order valence-corrected chi connectivity index (χ4v) is 3.25. The molecule has 0 unspecified atom stereocenters. The number of rotatable bonds is 4. The zero-order valence-electron chi connectivity index (χ0n) is 13.5. The third-order valence-electron chi connectivity index (χ3n) is 4.83. The molecular formula is C17H26F2N2. The molecule has 0 aromatic heterocycles. The monoisotopic (exact) mass is 296 g/mol. The van der Waals surface area contributed by atoms with Gasteiger partial charge in [0.25, 0.3) is 0 Å². The van der Waals surface area contributed by atoms with E-state index in [2.05, 4.69) is 37.9 Å². The van der Waals surface area contributed by atoms with Gasteiger partial charge in [-0.1, -0.05) is 19.9 Å². The number of nitrogens with one attached hydrogen (secondary N) is 1. The third-order valence-corrected chi connectivity index (χ3v) is 4.83. The van der Waals surface area contributed by atoms with Gasteiger partial charge in [0.2, 0.25) is 0 Å². The minimum atomic E-state index is -0.781. The number of hydrogen-bond donors (Lipinski definition) is 1. The van der Waals surface area contributed by atoms with Crippen molar-refractivity contribution in [1.82, 2.24) is 10.2 Å². The molecule has 2 rings (SSSR count). The van der Waals surface area contributed by atoms with E-state index in [4.69, 9.17) is 0 Å². The summed E-state index contributed by atoms with van der Waals surface area (Å²) < 4.78 is 26.5. The molecule has 0 spiro atoms. The van der Waals surface area contributed by atoms with Crippen molar-refractivity contribution in [3.63, 3.8) is 0 Å². The van der Waals surface area contributed by atoms with Crippen LogP contribution >= 0.6 is 0 Å². The normalized spacial score (nSPS) is 21.4. The van der Waals surface area contributed by atoms with Crippen LogP contribution in [0.3, 0.4) is 0 Å². The molecule has 1 aromatic rings. The van der Waals surface area contributed by atoms with E-state index in [0.29, 0.717) is 6.54 Å². The molecule has 0 bridgehead atoms. The molecule has 4 heteroatoms. The van der Waals surface area contributed by atoms with Crippen LogP contribution in [0.5, 0.6) is 0 Å². The van der Waals surface area contributed by atoms with Gasteiger partial charge in [-0.05, 0) is 44.4 Å². The Hall–Kier alpha value is -1.00. The maximum atomic E-state index is 13.4. The Bertz CT molecular complexity index is 496. The molecule has 0 amide bonds. The van der Waals surface area contributed by atoms with Gasteiger partial charge < -0.3 is 5.32 Å². The quantitative estimate of drug-likeness (QED) is 0.911. The Morgan fingerprint density at radius 3 is 2.38 bits per heavy atom. The Kier molecular flexibility index (Phi) is 4.69. The lowest BCUT2D eigenvalue weighted by Gasteiger charge is -2.52. The average molecular weight is 296 g/mol. The Morgan fingerprint density at radius 2 is 1.81 bits per heavy atom. The summed E-state index contributed by atoms with van der Waals surface area (Å²) in [6.45, 7) is 11.2. The van der Waals surface area contributed by atoms with Crippen molar-refractivity contribution in [2.75, 3.05) is 13.1 Å². The van der Waals surface area contributed by atoms with Crippen LogP contribution in [0.1, 0.15) is 46.1 Å². The lowest BCUT2D eigenvalue weighted by atomic mass is 9.84. The van der Waals surface area contributed by atoms with Crippen molar-refractivity contribution < 1.29 is 8.78 Å². The van der Waals surface area contributed by atoms with Gasteiger partial charge in [0.05, 0.1) is 0 Å². The minimum absolute atomic E-state index is 0.0341. The van der Waals surface area contributed by atoms with Gasteiger partial charge in [0, 0.05) is 30.7 Å². The summed E-state index contributed by atoms with van der Waals surface area (Å²) in [5.41, 5.74) is 0.949. The van der Waals surface area contributed by atoms with E-state index in [9.17, 15) is 8.78 Å². The minimum Gasteiger partial charge on any atom is -0.309 e. The lowest BCUT2D eigenvalue weighted by molar-refractivity contribution is 0.00226. The molecule has 0 atom stereocenters. The van der Waals surface area contributed by atoms with Crippen LogP contribution in [0, 0.1) is 11.6 Å². The molecule has 1 fully saturated rings. The van der Waals surface area contributed by atoms with Crippen LogP contribution in [0.4, 0.5) is 8.78 Å². The second-order valence-corrected chi connectivity index (χ2v) is 6.77. The van der Waals surface area contributed by atoms with Gasteiger partial charge in [-0.25, -0.2) is 8.78 Å². The highest BCUT2D eigenvalue weighted by Gasteiger charge is 2.41. The van der Waals surface area contributed by atoms with Gasteiger partial charge >= 0.3 is 0 Å². The number of halogens is 2. The summed E-state index contributed by atoms with van der Waals surface area (Å²) in [6, 6.07) is 4.22. The highest BCUT2D eigenvalue weighted by Crippen LogP contribution is 2.31. The van der Waals surface area contributed by atoms with Gasteiger partial charge in [-0.15, -0.1) is 0 Å². The molecule has 0 radical (unpaired) electrons. The molecular weight excluding hydrogens is 270 g/mol. The number of piperazine rings is 1. The van der Waals surface area contributed by atoms with Gasteiger partial charge in [-0.3, -0.25) is 4.90 Å².